The molecule has 1 rings (SSSR count). The lowest BCUT2D eigenvalue weighted by Gasteiger charge is -2.21. The van der Waals surface area contributed by atoms with E-state index in [4.69, 9.17) is 15.6 Å². The van der Waals surface area contributed by atoms with Crippen molar-refractivity contribution in [2.75, 3.05) is 11.5 Å². The minimum atomic E-state index is -4.51. The average molecular weight is 352 g/mol. The van der Waals surface area contributed by atoms with Gasteiger partial charge in [0.15, 0.2) is 0 Å². The molecule has 0 bridgehead atoms. The monoisotopic (exact) mass is 352 g/mol. The van der Waals surface area contributed by atoms with Crippen LogP contribution in [0.2, 0.25) is 0 Å². The van der Waals surface area contributed by atoms with Gasteiger partial charge >= 0.3 is 12.1 Å². The molecule has 0 fully saturated rings. The average Bonchev–Trinajstić information content (AvgIpc) is 2.44. The van der Waals surface area contributed by atoms with Crippen LogP contribution in [0.5, 0.6) is 0 Å². The molecule has 0 spiro atoms. The Kier molecular flexibility index (Phi) is 6.57. The quantitative estimate of drug-likeness (QED) is 0.669. The molecular formula is C14H19F3N2O3S. The van der Waals surface area contributed by atoms with Crippen LogP contribution >= 0.6 is 0 Å². The number of aliphatic carboxylic acids is 1. The summed E-state index contributed by atoms with van der Waals surface area (Å²) in [5.74, 6) is -3.89. The number of hydrogen-bond acceptors (Lipinski definition) is 4. The summed E-state index contributed by atoms with van der Waals surface area (Å²) in [4.78, 5) is 10.6. The van der Waals surface area contributed by atoms with Gasteiger partial charge in [-0.2, -0.15) is 13.2 Å². The Balaban J connectivity index is 2.73. The molecule has 0 aliphatic carbocycles. The smallest absolute Gasteiger partial charge is 0.395 e. The van der Waals surface area contributed by atoms with Crippen LogP contribution in [-0.4, -0.2) is 39.0 Å². The van der Waals surface area contributed by atoms with Gasteiger partial charge in [-0.25, -0.2) is 4.21 Å². The van der Waals surface area contributed by atoms with Crippen molar-refractivity contribution >= 4 is 15.7 Å². The van der Waals surface area contributed by atoms with Crippen LogP contribution < -0.4 is 5.73 Å². The fourth-order valence-electron chi connectivity index (χ4n) is 2.06. The molecule has 0 aromatic heterocycles. The molecular weight excluding hydrogens is 333 g/mol. The van der Waals surface area contributed by atoms with Crippen molar-refractivity contribution in [1.82, 2.24) is 0 Å². The van der Waals surface area contributed by atoms with Crippen molar-refractivity contribution in [2.24, 2.45) is 5.73 Å². The van der Waals surface area contributed by atoms with Crippen LogP contribution in [0, 0.1) is 4.78 Å². The van der Waals surface area contributed by atoms with Gasteiger partial charge in [-0.05, 0) is 18.4 Å². The highest BCUT2D eigenvalue weighted by atomic mass is 32.2. The highest BCUT2D eigenvalue weighted by Gasteiger charge is 2.40. The summed E-state index contributed by atoms with van der Waals surface area (Å²) in [5, 5.41) is 8.62. The minimum absolute atomic E-state index is 0.0532. The fraction of sp³-hybridized carbons (Fsp3) is 0.500. The lowest BCUT2D eigenvalue weighted by molar-refractivity contribution is -0.150. The Bertz CT molecular complexity index is 618. The summed E-state index contributed by atoms with van der Waals surface area (Å²) in [5.41, 5.74) is 5.30. The van der Waals surface area contributed by atoms with Gasteiger partial charge in [0, 0.05) is 21.2 Å². The normalized spacial score (nSPS) is 17.2. The Labute approximate surface area is 132 Å². The molecule has 5 nitrogen and oxygen atoms in total. The van der Waals surface area contributed by atoms with Gasteiger partial charge in [0.1, 0.15) is 6.04 Å². The molecule has 23 heavy (non-hydrogen) atoms. The van der Waals surface area contributed by atoms with Gasteiger partial charge in [0.05, 0.1) is 5.92 Å². The summed E-state index contributed by atoms with van der Waals surface area (Å²) in [6.07, 6.45) is -5.20. The van der Waals surface area contributed by atoms with E-state index in [1.807, 2.05) is 0 Å². The van der Waals surface area contributed by atoms with Crippen LogP contribution in [-0.2, 0) is 14.5 Å². The number of rotatable bonds is 8. The van der Waals surface area contributed by atoms with Crippen LogP contribution in [0.25, 0.3) is 0 Å². The van der Waals surface area contributed by atoms with Crippen molar-refractivity contribution in [3.63, 3.8) is 0 Å². The number of carboxylic acids is 1. The SMILES string of the molecule is N=[S@@](=O)(CC[C@H](N)C(=O)O)CC[C@@H](c1ccccc1)C(F)(F)F. The molecule has 0 aliphatic heterocycles. The predicted molar refractivity (Wildman–Crippen MR) is 80.7 cm³/mol. The number of nitrogens with one attached hydrogen (secondary N) is 1. The maximum absolute atomic E-state index is 13.1. The largest absolute Gasteiger partial charge is 0.480 e. The molecule has 9 heteroatoms. The highest BCUT2D eigenvalue weighted by molar-refractivity contribution is 7.92. The molecule has 1 aromatic carbocycles. The third-order valence-corrected chi connectivity index (χ3v) is 5.20. The lowest BCUT2D eigenvalue weighted by Crippen LogP contribution is -2.32. The summed E-state index contributed by atoms with van der Waals surface area (Å²) >= 11 is 0. The van der Waals surface area contributed by atoms with E-state index >= 15 is 0 Å². The number of carboxylic acid groups (broad SMARTS) is 1. The zero-order valence-electron chi connectivity index (χ0n) is 12.3. The first-order valence-corrected chi connectivity index (χ1v) is 8.77. The summed E-state index contributed by atoms with van der Waals surface area (Å²) in [7, 11) is -3.32. The van der Waals surface area contributed by atoms with Crippen LogP contribution in [0.3, 0.4) is 0 Å². The van der Waals surface area contributed by atoms with E-state index in [1.165, 1.54) is 24.3 Å². The molecule has 0 radical (unpaired) electrons. The Morgan fingerprint density at radius 1 is 1.22 bits per heavy atom. The molecule has 0 heterocycles. The summed E-state index contributed by atoms with van der Waals surface area (Å²) < 4.78 is 59.1. The molecule has 130 valence electrons. The highest BCUT2D eigenvalue weighted by Crippen LogP contribution is 2.37. The molecule has 0 amide bonds. The Morgan fingerprint density at radius 3 is 2.22 bits per heavy atom. The van der Waals surface area contributed by atoms with Crippen LogP contribution in [0.1, 0.15) is 24.3 Å². The van der Waals surface area contributed by atoms with Crippen molar-refractivity contribution in [3.05, 3.63) is 35.9 Å². The van der Waals surface area contributed by atoms with Gasteiger partial charge in [0.25, 0.3) is 0 Å². The number of halogens is 3. The van der Waals surface area contributed by atoms with E-state index in [0.29, 0.717) is 0 Å². The van der Waals surface area contributed by atoms with Crippen molar-refractivity contribution in [3.8, 4) is 0 Å². The Hall–Kier alpha value is -1.61. The molecule has 0 saturated carbocycles. The first-order chi connectivity index (χ1) is 10.5. The standard InChI is InChI=1S/C14H19F3N2O3S/c15-14(16,17)11(10-4-2-1-3-5-10)6-8-23(19,22)9-7-12(18)13(20)21/h1-5,11-12,19H,6-9,18H2,(H,20,21)/t11-,12-,23-/m0/s1. The topological polar surface area (TPSA) is 104 Å². The molecule has 1 aromatic rings. The van der Waals surface area contributed by atoms with Gasteiger partial charge in [-0.3, -0.25) is 9.57 Å². The van der Waals surface area contributed by atoms with E-state index in [2.05, 4.69) is 0 Å². The summed E-state index contributed by atoms with van der Waals surface area (Å²) in [6, 6.07) is 5.97. The zero-order valence-corrected chi connectivity index (χ0v) is 13.1. The van der Waals surface area contributed by atoms with E-state index < -0.39 is 46.0 Å². The molecule has 0 saturated heterocycles. The molecule has 4 N–H and O–H groups in total. The second-order valence-electron chi connectivity index (χ2n) is 5.25. The third-order valence-electron chi connectivity index (χ3n) is 3.41. The first-order valence-electron chi connectivity index (χ1n) is 6.87. The second kappa shape index (κ2) is 7.78. The van der Waals surface area contributed by atoms with E-state index in [0.717, 1.165) is 0 Å². The third kappa shape index (κ3) is 6.57. The van der Waals surface area contributed by atoms with Gasteiger partial charge < -0.3 is 10.8 Å². The number of nitrogens with two attached hydrogens (primary N) is 1. The minimum Gasteiger partial charge on any atom is -0.480 e. The predicted octanol–water partition coefficient (Wildman–Crippen LogP) is 2.57. The number of carbonyl (C=O) groups is 1. The molecule has 0 aliphatic rings. The fourth-order valence-corrected chi connectivity index (χ4v) is 3.51. The zero-order chi connectivity index (χ0) is 17.7. The van der Waals surface area contributed by atoms with E-state index in [1.54, 1.807) is 6.07 Å². The molecule has 3 atom stereocenters. The van der Waals surface area contributed by atoms with Gasteiger partial charge in [-0.1, -0.05) is 30.3 Å². The van der Waals surface area contributed by atoms with Crippen LogP contribution in [0.15, 0.2) is 30.3 Å². The number of benzene rings is 1. The van der Waals surface area contributed by atoms with Gasteiger partial charge in [0.2, 0.25) is 0 Å². The first kappa shape index (κ1) is 19.4. The van der Waals surface area contributed by atoms with Gasteiger partial charge in [-0.15, -0.1) is 0 Å². The Morgan fingerprint density at radius 2 is 1.74 bits per heavy atom. The maximum Gasteiger partial charge on any atom is 0.395 e. The van der Waals surface area contributed by atoms with Crippen LogP contribution in [0.4, 0.5) is 13.2 Å². The van der Waals surface area contributed by atoms with Crippen molar-refractivity contribution in [1.29, 1.82) is 4.78 Å². The van der Waals surface area contributed by atoms with Crippen molar-refractivity contribution < 1.29 is 27.3 Å². The number of hydrogen-bond donors (Lipinski definition) is 3. The van der Waals surface area contributed by atoms with Crippen molar-refractivity contribution in [2.45, 2.75) is 31.0 Å². The van der Waals surface area contributed by atoms with E-state index in [-0.39, 0.29) is 17.7 Å². The number of alkyl halides is 3. The van der Waals surface area contributed by atoms with E-state index in [9.17, 15) is 22.2 Å². The molecule has 0 unspecified atom stereocenters. The summed E-state index contributed by atoms with van der Waals surface area (Å²) in [6.45, 7) is 0. The second-order valence-corrected chi connectivity index (χ2v) is 7.69. The lowest BCUT2D eigenvalue weighted by atomic mass is 9.96. The maximum atomic E-state index is 13.1.